The molecule has 0 amide bonds. The van der Waals surface area contributed by atoms with Gasteiger partial charge in [-0.2, -0.15) is 0 Å². The third-order valence-electron chi connectivity index (χ3n) is 2.57. The minimum absolute atomic E-state index is 0.212. The van der Waals surface area contributed by atoms with Crippen molar-refractivity contribution in [1.29, 1.82) is 0 Å². The zero-order valence-electron chi connectivity index (χ0n) is 9.96. The van der Waals surface area contributed by atoms with Gasteiger partial charge in [0, 0.05) is 23.5 Å². The van der Waals surface area contributed by atoms with E-state index >= 15 is 0 Å². The Bertz CT molecular complexity index is 488. The molecule has 2 aromatic rings. The van der Waals surface area contributed by atoms with Crippen molar-refractivity contribution in [3.8, 4) is 0 Å². The third kappa shape index (κ3) is 3.27. The fraction of sp³-hybridized carbons (Fsp3) is 0.308. The van der Waals surface area contributed by atoms with Crippen LogP contribution >= 0.6 is 11.3 Å². The largest absolute Gasteiger partial charge is 0.385 e. The highest BCUT2D eigenvalue weighted by atomic mass is 32.1. The van der Waals surface area contributed by atoms with Crippen molar-refractivity contribution in [1.82, 2.24) is 4.98 Å². The van der Waals surface area contributed by atoms with Gasteiger partial charge in [0.05, 0.1) is 10.7 Å². The third-order valence-corrected chi connectivity index (χ3v) is 3.70. The molecule has 4 heteroatoms. The van der Waals surface area contributed by atoms with Gasteiger partial charge < -0.3 is 5.32 Å². The minimum atomic E-state index is -0.212. The van der Waals surface area contributed by atoms with Crippen LogP contribution < -0.4 is 5.32 Å². The van der Waals surface area contributed by atoms with Crippen LogP contribution in [0.5, 0.6) is 0 Å². The lowest BCUT2D eigenvalue weighted by Gasteiger charge is -2.04. The molecular weight excluding hydrogens is 235 g/mol. The highest BCUT2D eigenvalue weighted by molar-refractivity contribution is 7.11. The van der Waals surface area contributed by atoms with Crippen LogP contribution in [-0.4, -0.2) is 11.5 Å². The van der Waals surface area contributed by atoms with Gasteiger partial charge in [-0.15, -0.1) is 11.3 Å². The number of thiazole rings is 1. The number of halogens is 1. The fourth-order valence-electron chi connectivity index (χ4n) is 1.56. The van der Waals surface area contributed by atoms with Gasteiger partial charge in [0.25, 0.3) is 0 Å². The molecule has 0 saturated heterocycles. The van der Waals surface area contributed by atoms with Gasteiger partial charge in [0.15, 0.2) is 0 Å². The Labute approximate surface area is 105 Å². The van der Waals surface area contributed by atoms with Crippen LogP contribution in [0.2, 0.25) is 0 Å². The molecule has 0 fully saturated rings. The van der Waals surface area contributed by atoms with E-state index in [9.17, 15) is 4.39 Å². The van der Waals surface area contributed by atoms with Crippen LogP contribution in [0.1, 0.15) is 15.6 Å². The van der Waals surface area contributed by atoms with Crippen LogP contribution in [0.3, 0.4) is 0 Å². The van der Waals surface area contributed by atoms with E-state index in [0.29, 0.717) is 0 Å². The predicted molar refractivity (Wildman–Crippen MR) is 70.2 cm³/mol. The van der Waals surface area contributed by atoms with Gasteiger partial charge in [-0.3, -0.25) is 0 Å². The lowest BCUT2D eigenvalue weighted by Crippen LogP contribution is -2.04. The van der Waals surface area contributed by atoms with Crippen LogP contribution in [0.25, 0.3) is 0 Å². The second kappa shape index (κ2) is 5.27. The first kappa shape index (κ1) is 12.0. The fourth-order valence-corrected chi connectivity index (χ4v) is 2.49. The highest BCUT2D eigenvalue weighted by Gasteiger charge is 2.03. The van der Waals surface area contributed by atoms with Crippen molar-refractivity contribution in [2.75, 3.05) is 11.9 Å². The van der Waals surface area contributed by atoms with Crippen molar-refractivity contribution >= 4 is 17.0 Å². The van der Waals surface area contributed by atoms with Crippen molar-refractivity contribution in [3.05, 3.63) is 45.7 Å². The Morgan fingerprint density at radius 3 is 2.82 bits per heavy atom. The molecule has 0 spiro atoms. The number of aryl methyl sites for hydroxylation is 2. The average Bonchev–Trinajstić information content (AvgIpc) is 2.58. The van der Waals surface area contributed by atoms with E-state index < -0.39 is 0 Å². The summed E-state index contributed by atoms with van der Waals surface area (Å²) in [5.74, 6) is -0.212. The normalized spacial score (nSPS) is 10.5. The Hall–Kier alpha value is -1.42. The summed E-state index contributed by atoms with van der Waals surface area (Å²) in [5, 5.41) is 4.32. The summed E-state index contributed by atoms with van der Waals surface area (Å²) in [4.78, 5) is 5.73. The second-order valence-corrected chi connectivity index (χ2v) is 5.22. The zero-order valence-corrected chi connectivity index (χ0v) is 10.8. The van der Waals surface area contributed by atoms with Gasteiger partial charge in [-0.25, -0.2) is 9.37 Å². The van der Waals surface area contributed by atoms with E-state index in [1.807, 2.05) is 13.0 Å². The number of hydrogen-bond donors (Lipinski definition) is 1. The Morgan fingerprint density at radius 1 is 1.35 bits per heavy atom. The molecule has 0 aliphatic carbocycles. The summed E-state index contributed by atoms with van der Waals surface area (Å²) in [7, 11) is 0. The van der Waals surface area contributed by atoms with Crippen LogP contribution in [0, 0.1) is 19.7 Å². The Kier molecular flexibility index (Phi) is 3.74. The van der Waals surface area contributed by atoms with Crippen LogP contribution in [-0.2, 0) is 6.42 Å². The van der Waals surface area contributed by atoms with Gasteiger partial charge in [-0.05, 0) is 32.0 Å². The molecule has 0 saturated carbocycles. The summed E-state index contributed by atoms with van der Waals surface area (Å²) >= 11 is 1.73. The molecule has 2 rings (SSSR count). The molecule has 90 valence electrons. The van der Waals surface area contributed by atoms with E-state index in [1.165, 1.54) is 17.0 Å². The molecule has 1 aromatic carbocycles. The standard InChI is InChI=1S/C13H15FN2S/c1-9-10(2)17-13(16-9)6-7-15-12-5-3-4-11(14)8-12/h3-5,8,15H,6-7H2,1-2H3. The van der Waals surface area contributed by atoms with E-state index in [2.05, 4.69) is 17.2 Å². The highest BCUT2D eigenvalue weighted by Crippen LogP contribution is 2.17. The lowest BCUT2D eigenvalue weighted by molar-refractivity contribution is 0.628. The number of nitrogens with one attached hydrogen (secondary N) is 1. The van der Waals surface area contributed by atoms with Crippen molar-refractivity contribution < 1.29 is 4.39 Å². The van der Waals surface area contributed by atoms with Crippen LogP contribution in [0.4, 0.5) is 10.1 Å². The molecule has 0 aliphatic rings. The number of anilines is 1. The first-order valence-electron chi connectivity index (χ1n) is 5.57. The first-order chi connectivity index (χ1) is 8.15. The monoisotopic (exact) mass is 250 g/mol. The lowest BCUT2D eigenvalue weighted by atomic mass is 10.3. The summed E-state index contributed by atoms with van der Waals surface area (Å²) in [6.07, 6.45) is 0.871. The van der Waals surface area contributed by atoms with E-state index in [1.54, 1.807) is 17.4 Å². The number of aromatic nitrogens is 1. The summed E-state index contributed by atoms with van der Waals surface area (Å²) < 4.78 is 12.9. The maximum Gasteiger partial charge on any atom is 0.125 e. The van der Waals surface area contributed by atoms with Crippen molar-refractivity contribution in [2.45, 2.75) is 20.3 Å². The average molecular weight is 250 g/mol. The molecule has 0 radical (unpaired) electrons. The van der Waals surface area contributed by atoms with Crippen molar-refractivity contribution in [2.24, 2.45) is 0 Å². The number of benzene rings is 1. The SMILES string of the molecule is Cc1nc(CCNc2cccc(F)c2)sc1C. The molecule has 1 N–H and O–H groups in total. The number of nitrogens with zero attached hydrogens (tertiary/aromatic N) is 1. The number of rotatable bonds is 4. The van der Waals surface area contributed by atoms with Gasteiger partial charge in [0.1, 0.15) is 5.82 Å². The van der Waals surface area contributed by atoms with Gasteiger partial charge >= 0.3 is 0 Å². The molecule has 0 bridgehead atoms. The minimum Gasteiger partial charge on any atom is -0.385 e. The Balaban J connectivity index is 1.87. The maximum atomic E-state index is 12.9. The molecule has 2 nitrogen and oxygen atoms in total. The van der Waals surface area contributed by atoms with Crippen LogP contribution in [0.15, 0.2) is 24.3 Å². The predicted octanol–water partition coefficient (Wildman–Crippen LogP) is 3.55. The topological polar surface area (TPSA) is 24.9 Å². The summed E-state index contributed by atoms with van der Waals surface area (Å²) in [6.45, 7) is 4.88. The molecule has 0 atom stereocenters. The molecule has 0 unspecified atom stereocenters. The smallest absolute Gasteiger partial charge is 0.125 e. The first-order valence-corrected chi connectivity index (χ1v) is 6.39. The van der Waals surface area contributed by atoms with Crippen molar-refractivity contribution in [3.63, 3.8) is 0 Å². The number of hydrogen-bond acceptors (Lipinski definition) is 3. The van der Waals surface area contributed by atoms with E-state index in [-0.39, 0.29) is 5.82 Å². The molecule has 1 heterocycles. The second-order valence-electron chi connectivity index (χ2n) is 3.94. The van der Waals surface area contributed by atoms with E-state index in [4.69, 9.17) is 0 Å². The zero-order chi connectivity index (χ0) is 12.3. The molecular formula is C13H15FN2S. The molecule has 0 aliphatic heterocycles. The summed E-state index contributed by atoms with van der Waals surface area (Å²) in [5.41, 5.74) is 1.92. The van der Waals surface area contributed by atoms with E-state index in [0.717, 1.165) is 29.4 Å². The van der Waals surface area contributed by atoms with Gasteiger partial charge in [-0.1, -0.05) is 6.07 Å². The maximum absolute atomic E-state index is 12.9. The molecule has 17 heavy (non-hydrogen) atoms. The molecule has 1 aromatic heterocycles. The van der Waals surface area contributed by atoms with Gasteiger partial charge in [0.2, 0.25) is 0 Å². The summed E-state index contributed by atoms with van der Waals surface area (Å²) in [6, 6.07) is 6.51. The quantitative estimate of drug-likeness (QED) is 0.897. The Morgan fingerprint density at radius 2 is 2.18 bits per heavy atom.